The van der Waals surface area contributed by atoms with Crippen LogP contribution in [0.3, 0.4) is 0 Å². The largest absolute Gasteiger partial charge is 0.411 e. The summed E-state index contributed by atoms with van der Waals surface area (Å²) < 4.78 is 0. The SMILES string of the molecule is Cc1cc(/C(C[C@H](c2ccc(N3CCC(O)CC3)cc2)c2ccccc2C)=N\O)ccn1. The number of hydrogen-bond acceptors (Lipinski definition) is 5. The second-order valence-electron chi connectivity index (χ2n) is 8.66. The van der Waals surface area contributed by atoms with Gasteiger partial charge in [0.15, 0.2) is 0 Å². The van der Waals surface area contributed by atoms with E-state index in [-0.39, 0.29) is 12.0 Å². The molecule has 1 atom stereocenters. The van der Waals surface area contributed by atoms with Crippen molar-refractivity contribution >= 4 is 11.4 Å². The molecule has 0 radical (unpaired) electrons. The molecule has 1 saturated heterocycles. The standard InChI is InChI=1S/C27H31N3O2/c1-19-5-3-4-6-25(19)26(18-27(29-32)22-11-14-28-20(2)17-22)21-7-9-23(10-8-21)30-15-12-24(31)13-16-30/h3-11,14,17,24,26,31-32H,12-13,15-16,18H2,1-2H3/b29-27-/t26-/m1/s1. The van der Waals surface area contributed by atoms with E-state index in [0.29, 0.717) is 12.1 Å². The lowest BCUT2D eigenvalue weighted by Gasteiger charge is -2.31. The first-order chi connectivity index (χ1) is 15.5. The van der Waals surface area contributed by atoms with Gasteiger partial charge in [0.2, 0.25) is 0 Å². The maximum Gasteiger partial charge on any atom is 0.0878 e. The van der Waals surface area contributed by atoms with E-state index in [1.54, 1.807) is 6.20 Å². The van der Waals surface area contributed by atoms with Gasteiger partial charge in [0.1, 0.15) is 0 Å². The van der Waals surface area contributed by atoms with Crippen molar-refractivity contribution in [3.8, 4) is 0 Å². The molecule has 1 aromatic heterocycles. The fraction of sp³-hybridized carbons (Fsp3) is 0.333. The van der Waals surface area contributed by atoms with Crippen LogP contribution in [-0.4, -0.2) is 40.2 Å². The summed E-state index contributed by atoms with van der Waals surface area (Å²) in [5.74, 6) is 0.0628. The monoisotopic (exact) mass is 429 g/mol. The molecule has 32 heavy (non-hydrogen) atoms. The minimum atomic E-state index is -0.177. The van der Waals surface area contributed by atoms with Crippen molar-refractivity contribution < 1.29 is 10.3 Å². The summed E-state index contributed by atoms with van der Waals surface area (Å²) in [6.45, 7) is 5.83. The highest BCUT2D eigenvalue weighted by Crippen LogP contribution is 2.33. The molecule has 0 amide bonds. The molecule has 1 aliphatic heterocycles. The Labute approximate surface area is 190 Å². The van der Waals surface area contributed by atoms with Crippen LogP contribution < -0.4 is 4.90 Å². The number of hydrogen-bond donors (Lipinski definition) is 2. The molecule has 1 fully saturated rings. The average Bonchev–Trinajstić information content (AvgIpc) is 2.81. The van der Waals surface area contributed by atoms with Gasteiger partial charge in [0.05, 0.1) is 11.8 Å². The van der Waals surface area contributed by atoms with Gasteiger partial charge in [-0.1, -0.05) is 41.6 Å². The zero-order valence-electron chi connectivity index (χ0n) is 18.8. The van der Waals surface area contributed by atoms with Crippen LogP contribution in [-0.2, 0) is 0 Å². The minimum Gasteiger partial charge on any atom is -0.411 e. The summed E-state index contributed by atoms with van der Waals surface area (Å²) in [6, 6.07) is 21.0. The molecule has 2 heterocycles. The van der Waals surface area contributed by atoms with Gasteiger partial charge < -0.3 is 15.2 Å². The highest BCUT2D eigenvalue weighted by atomic mass is 16.4. The predicted octanol–water partition coefficient (Wildman–Crippen LogP) is 5.06. The summed E-state index contributed by atoms with van der Waals surface area (Å²) in [7, 11) is 0. The van der Waals surface area contributed by atoms with E-state index >= 15 is 0 Å². The Hall–Kier alpha value is -3.18. The van der Waals surface area contributed by atoms with Crippen LogP contribution in [0.1, 0.15) is 53.1 Å². The number of aliphatic hydroxyl groups is 1. The van der Waals surface area contributed by atoms with E-state index in [4.69, 9.17) is 0 Å². The number of benzene rings is 2. The van der Waals surface area contributed by atoms with E-state index in [0.717, 1.165) is 37.2 Å². The third-order valence-electron chi connectivity index (χ3n) is 6.44. The molecule has 2 aromatic carbocycles. The molecule has 5 heteroatoms. The molecule has 1 aliphatic rings. The molecule has 0 unspecified atom stereocenters. The molecule has 5 nitrogen and oxygen atoms in total. The summed E-state index contributed by atoms with van der Waals surface area (Å²) in [5, 5.41) is 23.3. The normalized spacial score (nSPS) is 16.2. The summed E-state index contributed by atoms with van der Waals surface area (Å²) in [5.41, 5.74) is 7.26. The number of oxime groups is 1. The van der Waals surface area contributed by atoms with Crippen LogP contribution in [0, 0.1) is 13.8 Å². The number of aryl methyl sites for hydroxylation is 2. The Morgan fingerprint density at radius 3 is 2.44 bits per heavy atom. The first kappa shape index (κ1) is 22.0. The maximum absolute atomic E-state index is 9.86. The van der Waals surface area contributed by atoms with Crippen molar-refractivity contribution in [2.45, 2.75) is 45.1 Å². The number of aliphatic hydroxyl groups excluding tert-OH is 1. The first-order valence-corrected chi connectivity index (χ1v) is 11.3. The smallest absolute Gasteiger partial charge is 0.0878 e. The topological polar surface area (TPSA) is 69.0 Å². The van der Waals surface area contributed by atoms with Crippen LogP contribution in [0.15, 0.2) is 72.0 Å². The van der Waals surface area contributed by atoms with Crippen molar-refractivity contribution in [2.24, 2.45) is 5.16 Å². The summed E-state index contributed by atoms with van der Waals surface area (Å²) in [4.78, 5) is 6.60. The predicted molar refractivity (Wildman–Crippen MR) is 129 cm³/mol. The highest BCUT2D eigenvalue weighted by molar-refractivity contribution is 6.01. The van der Waals surface area contributed by atoms with Crippen molar-refractivity contribution in [3.63, 3.8) is 0 Å². The van der Waals surface area contributed by atoms with Crippen LogP contribution in [0.5, 0.6) is 0 Å². The number of aromatic nitrogens is 1. The Morgan fingerprint density at radius 1 is 1.06 bits per heavy atom. The summed E-state index contributed by atoms with van der Waals surface area (Å²) in [6.07, 6.45) is 3.79. The lowest BCUT2D eigenvalue weighted by atomic mass is 9.83. The Balaban J connectivity index is 1.65. The van der Waals surface area contributed by atoms with Crippen LogP contribution >= 0.6 is 0 Å². The van der Waals surface area contributed by atoms with E-state index in [2.05, 4.69) is 70.5 Å². The zero-order chi connectivity index (χ0) is 22.5. The Kier molecular flexibility index (Phi) is 6.86. The molecule has 0 aliphatic carbocycles. The van der Waals surface area contributed by atoms with Crippen molar-refractivity contribution in [3.05, 3.63) is 94.8 Å². The fourth-order valence-corrected chi connectivity index (χ4v) is 4.56. The van der Waals surface area contributed by atoms with Gasteiger partial charge in [0, 0.05) is 48.6 Å². The first-order valence-electron chi connectivity index (χ1n) is 11.3. The molecular weight excluding hydrogens is 398 g/mol. The van der Waals surface area contributed by atoms with Crippen molar-refractivity contribution in [1.29, 1.82) is 0 Å². The molecule has 0 bridgehead atoms. The zero-order valence-corrected chi connectivity index (χ0v) is 18.8. The average molecular weight is 430 g/mol. The second kappa shape index (κ2) is 9.96. The van der Waals surface area contributed by atoms with Crippen LogP contribution in [0.25, 0.3) is 0 Å². The third-order valence-corrected chi connectivity index (χ3v) is 6.44. The molecule has 4 rings (SSSR count). The minimum absolute atomic E-state index is 0.0628. The van der Waals surface area contributed by atoms with Gasteiger partial charge in [-0.25, -0.2) is 0 Å². The fourth-order valence-electron chi connectivity index (χ4n) is 4.56. The van der Waals surface area contributed by atoms with Gasteiger partial charge in [-0.05, 0) is 67.6 Å². The van der Waals surface area contributed by atoms with Gasteiger partial charge in [-0.3, -0.25) is 4.98 Å². The van der Waals surface area contributed by atoms with Gasteiger partial charge in [0.25, 0.3) is 0 Å². The molecule has 0 saturated carbocycles. The molecular formula is C27H31N3O2. The lowest BCUT2D eigenvalue weighted by Crippen LogP contribution is -2.35. The number of anilines is 1. The van der Waals surface area contributed by atoms with E-state index in [1.807, 2.05) is 19.1 Å². The van der Waals surface area contributed by atoms with Gasteiger partial charge in [-0.2, -0.15) is 0 Å². The molecule has 166 valence electrons. The number of rotatable bonds is 6. The third kappa shape index (κ3) is 5.00. The lowest BCUT2D eigenvalue weighted by molar-refractivity contribution is 0.145. The van der Waals surface area contributed by atoms with Crippen LogP contribution in [0.2, 0.25) is 0 Å². The Bertz CT molecular complexity index is 1070. The van der Waals surface area contributed by atoms with E-state index in [9.17, 15) is 10.3 Å². The van der Waals surface area contributed by atoms with Crippen LogP contribution in [0.4, 0.5) is 5.69 Å². The quantitative estimate of drug-likeness (QED) is 0.326. The van der Waals surface area contributed by atoms with Crippen molar-refractivity contribution in [2.75, 3.05) is 18.0 Å². The number of nitrogens with zero attached hydrogens (tertiary/aromatic N) is 3. The van der Waals surface area contributed by atoms with Gasteiger partial charge >= 0.3 is 0 Å². The van der Waals surface area contributed by atoms with Gasteiger partial charge in [-0.15, -0.1) is 0 Å². The molecule has 0 spiro atoms. The van der Waals surface area contributed by atoms with E-state index < -0.39 is 0 Å². The second-order valence-corrected chi connectivity index (χ2v) is 8.66. The number of piperidine rings is 1. The summed E-state index contributed by atoms with van der Waals surface area (Å²) >= 11 is 0. The molecule has 3 aromatic rings. The molecule has 2 N–H and O–H groups in total. The highest BCUT2D eigenvalue weighted by Gasteiger charge is 2.22. The van der Waals surface area contributed by atoms with Crippen molar-refractivity contribution in [1.82, 2.24) is 4.98 Å². The number of pyridine rings is 1. The Morgan fingerprint density at radius 2 is 1.78 bits per heavy atom. The maximum atomic E-state index is 9.86. The van der Waals surface area contributed by atoms with E-state index in [1.165, 1.54) is 22.4 Å².